The first kappa shape index (κ1) is 11.0. The van der Waals surface area contributed by atoms with Crippen molar-refractivity contribution in [3.63, 3.8) is 0 Å². The highest BCUT2D eigenvalue weighted by Gasteiger charge is 2.31. The molecular weight excluding hydrogens is 160 g/mol. The molecule has 1 nitrogen and oxygen atoms in total. The number of ether oxygens (including phenoxy) is 1. The van der Waals surface area contributed by atoms with Crippen molar-refractivity contribution in [3.8, 4) is 0 Å². The second kappa shape index (κ2) is 4.99. The van der Waals surface area contributed by atoms with E-state index in [0.717, 1.165) is 24.4 Å². The SMILES string of the molecule is CCCC(C)C(C)C1OCCC1C. The van der Waals surface area contributed by atoms with Crippen molar-refractivity contribution in [1.82, 2.24) is 0 Å². The van der Waals surface area contributed by atoms with E-state index >= 15 is 0 Å². The van der Waals surface area contributed by atoms with Gasteiger partial charge in [-0.05, 0) is 24.2 Å². The molecule has 0 bridgehead atoms. The van der Waals surface area contributed by atoms with E-state index in [2.05, 4.69) is 27.7 Å². The van der Waals surface area contributed by atoms with Crippen molar-refractivity contribution in [2.24, 2.45) is 17.8 Å². The van der Waals surface area contributed by atoms with Gasteiger partial charge in [-0.1, -0.05) is 40.5 Å². The Balaban J connectivity index is 2.40. The fraction of sp³-hybridized carbons (Fsp3) is 1.00. The third kappa shape index (κ3) is 2.70. The largest absolute Gasteiger partial charge is 0.378 e. The Kier molecular flexibility index (Phi) is 4.24. The summed E-state index contributed by atoms with van der Waals surface area (Å²) >= 11 is 0. The van der Waals surface area contributed by atoms with Crippen molar-refractivity contribution >= 4 is 0 Å². The van der Waals surface area contributed by atoms with Gasteiger partial charge in [0.25, 0.3) is 0 Å². The van der Waals surface area contributed by atoms with Gasteiger partial charge in [-0.15, -0.1) is 0 Å². The van der Waals surface area contributed by atoms with Crippen molar-refractivity contribution < 1.29 is 4.74 Å². The smallest absolute Gasteiger partial charge is 0.0629 e. The van der Waals surface area contributed by atoms with Crippen molar-refractivity contribution in [1.29, 1.82) is 0 Å². The van der Waals surface area contributed by atoms with Gasteiger partial charge in [-0.2, -0.15) is 0 Å². The molecule has 0 radical (unpaired) electrons. The van der Waals surface area contributed by atoms with E-state index in [0.29, 0.717) is 6.10 Å². The fourth-order valence-corrected chi connectivity index (χ4v) is 2.43. The lowest BCUT2D eigenvalue weighted by Gasteiger charge is -2.27. The quantitative estimate of drug-likeness (QED) is 0.650. The first-order valence-electron chi connectivity index (χ1n) is 5.78. The molecule has 0 amide bonds. The summed E-state index contributed by atoms with van der Waals surface area (Å²) in [5, 5.41) is 0. The number of hydrogen-bond donors (Lipinski definition) is 0. The molecule has 1 rings (SSSR count). The second-order valence-corrected chi connectivity index (χ2v) is 4.73. The average Bonchev–Trinajstić information content (AvgIpc) is 2.50. The molecular formula is C12H24O. The summed E-state index contributed by atoms with van der Waals surface area (Å²) in [7, 11) is 0. The molecule has 0 aliphatic carbocycles. The van der Waals surface area contributed by atoms with Crippen LogP contribution in [0, 0.1) is 17.8 Å². The van der Waals surface area contributed by atoms with Gasteiger partial charge in [0.2, 0.25) is 0 Å². The summed E-state index contributed by atoms with van der Waals surface area (Å²) in [5.41, 5.74) is 0. The maximum absolute atomic E-state index is 5.79. The Morgan fingerprint density at radius 2 is 2.08 bits per heavy atom. The summed E-state index contributed by atoms with van der Waals surface area (Å²) < 4.78 is 5.79. The van der Waals surface area contributed by atoms with Gasteiger partial charge >= 0.3 is 0 Å². The van der Waals surface area contributed by atoms with Gasteiger partial charge < -0.3 is 4.74 Å². The average molecular weight is 184 g/mol. The minimum atomic E-state index is 0.529. The van der Waals surface area contributed by atoms with Crippen LogP contribution in [-0.4, -0.2) is 12.7 Å². The van der Waals surface area contributed by atoms with Crippen LogP contribution < -0.4 is 0 Å². The topological polar surface area (TPSA) is 9.23 Å². The van der Waals surface area contributed by atoms with E-state index in [1.807, 2.05) is 0 Å². The fourth-order valence-electron chi connectivity index (χ4n) is 2.43. The van der Waals surface area contributed by atoms with Gasteiger partial charge in [0.1, 0.15) is 0 Å². The Morgan fingerprint density at radius 3 is 2.54 bits per heavy atom. The van der Waals surface area contributed by atoms with E-state index in [1.165, 1.54) is 19.3 Å². The molecule has 13 heavy (non-hydrogen) atoms. The molecule has 0 N–H and O–H groups in total. The Hall–Kier alpha value is -0.0400. The van der Waals surface area contributed by atoms with Crippen LogP contribution >= 0.6 is 0 Å². The zero-order valence-electron chi connectivity index (χ0n) is 9.55. The van der Waals surface area contributed by atoms with E-state index in [1.54, 1.807) is 0 Å². The second-order valence-electron chi connectivity index (χ2n) is 4.73. The lowest BCUT2D eigenvalue weighted by molar-refractivity contribution is 0.0297. The van der Waals surface area contributed by atoms with E-state index in [-0.39, 0.29) is 0 Å². The third-order valence-corrected chi connectivity index (χ3v) is 3.60. The minimum Gasteiger partial charge on any atom is -0.378 e. The van der Waals surface area contributed by atoms with Crippen LogP contribution in [0.15, 0.2) is 0 Å². The van der Waals surface area contributed by atoms with Crippen molar-refractivity contribution in [2.75, 3.05) is 6.61 Å². The summed E-state index contributed by atoms with van der Waals surface area (Å²) in [4.78, 5) is 0. The van der Waals surface area contributed by atoms with Gasteiger partial charge in [-0.3, -0.25) is 0 Å². The van der Waals surface area contributed by atoms with Crippen LogP contribution in [0.5, 0.6) is 0 Å². The van der Waals surface area contributed by atoms with Gasteiger partial charge in [0.15, 0.2) is 0 Å². The van der Waals surface area contributed by atoms with Gasteiger partial charge in [-0.25, -0.2) is 0 Å². The Morgan fingerprint density at radius 1 is 1.38 bits per heavy atom. The van der Waals surface area contributed by atoms with Crippen LogP contribution in [0.4, 0.5) is 0 Å². The van der Waals surface area contributed by atoms with E-state index in [9.17, 15) is 0 Å². The molecule has 4 atom stereocenters. The first-order valence-corrected chi connectivity index (χ1v) is 5.78. The molecule has 1 fully saturated rings. The zero-order valence-corrected chi connectivity index (χ0v) is 9.55. The third-order valence-electron chi connectivity index (χ3n) is 3.60. The molecule has 78 valence electrons. The molecule has 1 heterocycles. The molecule has 0 aromatic heterocycles. The molecule has 0 spiro atoms. The van der Waals surface area contributed by atoms with Crippen molar-refractivity contribution in [3.05, 3.63) is 0 Å². The predicted molar refractivity (Wildman–Crippen MR) is 56.8 cm³/mol. The van der Waals surface area contributed by atoms with Gasteiger partial charge in [0.05, 0.1) is 6.10 Å². The van der Waals surface area contributed by atoms with E-state index in [4.69, 9.17) is 4.74 Å². The predicted octanol–water partition coefficient (Wildman–Crippen LogP) is 3.48. The summed E-state index contributed by atoms with van der Waals surface area (Å²) in [6.07, 6.45) is 4.43. The maximum atomic E-state index is 5.79. The lowest BCUT2D eigenvalue weighted by Crippen LogP contribution is -2.27. The number of hydrogen-bond acceptors (Lipinski definition) is 1. The van der Waals surface area contributed by atoms with Crippen LogP contribution in [0.25, 0.3) is 0 Å². The first-order chi connectivity index (χ1) is 6.16. The van der Waals surface area contributed by atoms with E-state index < -0.39 is 0 Å². The molecule has 0 saturated carbocycles. The molecule has 1 aliphatic heterocycles. The molecule has 0 aromatic carbocycles. The lowest BCUT2D eigenvalue weighted by atomic mass is 9.83. The molecule has 0 aromatic rings. The van der Waals surface area contributed by atoms with Gasteiger partial charge in [0, 0.05) is 6.61 Å². The summed E-state index contributed by atoms with van der Waals surface area (Å²) in [5.74, 6) is 2.32. The van der Waals surface area contributed by atoms with Crippen LogP contribution in [0.2, 0.25) is 0 Å². The highest BCUT2D eigenvalue weighted by atomic mass is 16.5. The maximum Gasteiger partial charge on any atom is 0.0629 e. The van der Waals surface area contributed by atoms with Crippen LogP contribution in [0.1, 0.15) is 47.0 Å². The monoisotopic (exact) mass is 184 g/mol. The molecule has 4 unspecified atom stereocenters. The highest BCUT2D eigenvalue weighted by molar-refractivity contribution is 4.80. The normalized spacial score (nSPS) is 33.2. The molecule has 1 heteroatoms. The number of rotatable bonds is 4. The van der Waals surface area contributed by atoms with Crippen LogP contribution in [-0.2, 0) is 4.74 Å². The minimum absolute atomic E-state index is 0.529. The summed E-state index contributed by atoms with van der Waals surface area (Å²) in [6, 6.07) is 0. The standard InChI is InChI=1S/C12H24O/c1-5-6-9(2)11(4)12-10(3)7-8-13-12/h9-12H,5-8H2,1-4H3. The molecule has 1 saturated heterocycles. The van der Waals surface area contributed by atoms with Crippen molar-refractivity contribution in [2.45, 2.75) is 53.1 Å². The van der Waals surface area contributed by atoms with Crippen LogP contribution in [0.3, 0.4) is 0 Å². The highest BCUT2D eigenvalue weighted by Crippen LogP contribution is 2.32. The Labute approximate surface area is 82.9 Å². The summed E-state index contributed by atoms with van der Waals surface area (Å²) in [6.45, 7) is 10.3. The zero-order chi connectivity index (χ0) is 9.84. The molecule has 1 aliphatic rings. The Bertz CT molecular complexity index is 144.